The Morgan fingerprint density at radius 3 is 2.94 bits per heavy atom. The number of alkyl halides is 3. The molecule has 2 aliphatic rings. The molecule has 1 heterocycles. The number of thioether (sulfide) groups is 1. The summed E-state index contributed by atoms with van der Waals surface area (Å²) in [5.41, 5.74) is 0.0966. The highest BCUT2D eigenvalue weighted by Crippen LogP contribution is 2.38. The summed E-state index contributed by atoms with van der Waals surface area (Å²) in [6.07, 6.45) is -0.257. The molecule has 1 aliphatic carbocycles. The third-order valence-electron chi connectivity index (χ3n) is 3.60. The van der Waals surface area contributed by atoms with Gasteiger partial charge in [0, 0.05) is 11.3 Å². The van der Waals surface area contributed by atoms with Crippen LogP contribution in [0.15, 0.2) is 4.99 Å². The van der Waals surface area contributed by atoms with E-state index in [1.54, 1.807) is 11.8 Å². The van der Waals surface area contributed by atoms with Crippen molar-refractivity contribution in [1.82, 2.24) is 5.32 Å². The maximum absolute atomic E-state index is 12.0. The van der Waals surface area contributed by atoms with Gasteiger partial charge < -0.3 is 5.32 Å². The SMILES string of the molecule is CC1CCCC2(CSC(=NCCC(F)(F)F)N2)C1. The van der Waals surface area contributed by atoms with Gasteiger partial charge >= 0.3 is 6.18 Å². The van der Waals surface area contributed by atoms with E-state index in [1.807, 2.05) is 0 Å². The van der Waals surface area contributed by atoms with Gasteiger partial charge in [0.05, 0.1) is 13.0 Å². The van der Waals surface area contributed by atoms with E-state index in [0.29, 0.717) is 11.1 Å². The first-order valence-electron chi connectivity index (χ1n) is 6.41. The van der Waals surface area contributed by atoms with Crippen LogP contribution in [0.2, 0.25) is 0 Å². The molecule has 1 N–H and O–H groups in total. The van der Waals surface area contributed by atoms with E-state index in [0.717, 1.165) is 18.6 Å². The van der Waals surface area contributed by atoms with Gasteiger partial charge in [0.1, 0.15) is 0 Å². The monoisotopic (exact) mass is 280 g/mol. The third-order valence-corrected chi connectivity index (χ3v) is 4.80. The molecule has 1 aliphatic heterocycles. The van der Waals surface area contributed by atoms with Crippen LogP contribution in [0.4, 0.5) is 13.2 Å². The first kappa shape index (κ1) is 14.0. The minimum atomic E-state index is -4.11. The lowest BCUT2D eigenvalue weighted by Crippen LogP contribution is -2.47. The predicted molar refractivity (Wildman–Crippen MR) is 68.9 cm³/mol. The molecule has 104 valence electrons. The predicted octanol–water partition coefficient (Wildman–Crippen LogP) is 3.58. The van der Waals surface area contributed by atoms with E-state index in [4.69, 9.17) is 0 Å². The smallest absolute Gasteiger partial charge is 0.359 e. The van der Waals surface area contributed by atoms with Crippen molar-refractivity contribution in [3.05, 3.63) is 0 Å². The van der Waals surface area contributed by atoms with Crippen molar-refractivity contribution in [2.24, 2.45) is 10.9 Å². The molecule has 0 radical (unpaired) electrons. The Balaban J connectivity index is 1.86. The fourth-order valence-corrected chi connectivity index (χ4v) is 4.00. The van der Waals surface area contributed by atoms with Crippen molar-refractivity contribution < 1.29 is 13.2 Å². The summed E-state index contributed by atoms with van der Waals surface area (Å²) in [7, 11) is 0. The molecule has 1 saturated heterocycles. The van der Waals surface area contributed by atoms with Gasteiger partial charge in [0.25, 0.3) is 0 Å². The van der Waals surface area contributed by atoms with Crippen LogP contribution in [0.3, 0.4) is 0 Å². The molecule has 2 rings (SSSR count). The van der Waals surface area contributed by atoms with E-state index < -0.39 is 12.6 Å². The van der Waals surface area contributed by atoms with Gasteiger partial charge in [-0.15, -0.1) is 0 Å². The van der Waals surface area contributed by atoms with Crippen molar-refractivity contribution in [3.8, 4) is 0 Å². The number of nitrogens with one attached hydrogen (secondary N) is 1. The number of rotatable bonds is 2. The molecule has 2 nitrogen and oxygen atoms in total. The average molecular weight is 280 g/mol. The first-order chi connectivity index (χ1) is 8.39. The van der Waals surface area contributed by atoms with Crippen molar-refractivity contribution in [2.45, 2.75) is 50.7 Å². The van der Waals surface area contributed by atoms with Crippen molar-refractivity contribution in [3.63, 3.8) is 0 Å². The van der Waals surface area contributed by atoms with Crippen molar-refractivity contribution >= 4 is 16.9 Å². The Bertz CT molecular complexity index is 330. The van der Waals surface area contributed by atoms with E-state index in [1.165, 1.54) is 12.8 Å². The molecule has 0 bridgehead atoms. The molecule has 1 saturated carbocycles. The topological polar surface area (TPSA) is 24.4 Å². The lowest BCUT2D eigenvalue weighted by molar-refractivity contribution is -0.132. The maximum atomic E-state index is 12.0. The Hall–Kier alpha value is -0.390. The number of hydrogen-bond donors (Lipinski definition) is 1. The van der Waals surface area contributed by atoms with Crippen LogP contribution in [0.25, 0.3) is 0 Å². The first-order valence-corrected chi connectivity index (χ1v) is 7.39. The summed E-state index contributed by atoms with van der Waals surface area (Å²) in [5, 5.41) is 4.07. The molecular formula is C12H19F3N2S. The zero-order valence-electron chi connectivity index (χ0n) is 10.5. The van der Waals surface area contributed by atoms with E-state index in [-0.39, 0.29) is 12.1 Å². The Morgan fingerprint density at radius 2 is 2.28 bits per heavy atom. The standard InChI is InChI=1S/C12H19F3N2S/c1-9-3-2-4-11(7-9)8-18-10(17-11)16-6-5-12(13,14)15/h9H,2-8H2,1H3,(H,16,17). The minimum absolute atomic E-state index is 0.0966. The summed E-state index contributed by atoms with van der Waals surface area (Å²) in [4.78, 5) is 4.03. The van der Waals surface area contributed by atoms with Crippen molar-refractivity contribution in [2.75, 3.05) is 12.3 Å². The minimum Gasteiger partial charge on any atom is -0.359 e. The quantitative estimate of drug-likeness (QED) is 0.836. The number of nitrogens with zero attached hydrogens (tertiary/aromatic N) is 1. The van der Waals surface area contributed by atoms with Crippen molar-refractivity contribution in [1.29, 1.82) is 0 Å². The number of hydrogen-bond acceptors (Lipinski definition) is 2. The molecular weight excluding hydrogens is 261 g/mol. The molecule has 0 amide bonds. The second-order valence-corrected chi connectivity index (χ2v) is 6.41. The highest BCUT2D eigenvalue weighted by atomic mass is 32.2. The molecule has 0 aromatic rings. The highest BCUT2D eigenvalue weighted by Gasteiger charge is 2.40. The molecule has 2 fully saturated rings. The van der Waals surface area contributed by atoms with E-state index >= 15 is 0 Å². The number of aliphatic imine (C=N–C) groups is 1. The lowest BCUT2D eigenvalue weighted by Gasteiger charge is -2.36. The lowest BCUT2D eigenvalue weighted by atomic mass is 9.78. The maximum Gasteiger partial charge on any atom is 0.390 e. The summed E-state index contributed by atoms with van der Waals surface area (Å²) >= 11 is 1.57. The second kappa shape index (κ2) is 5.31. The van der Waals surface area contributed by atoms with Crippen LogP contribution in [-0.2, 0) is 0 Å². The highest BCUT2D eigenvalue weighted by molar-refractivity contribution is 8.14. The van der Waals surface area contributed by atoms with Crippen LogP contribution in [-0.4, -0.2) is 29.2 Å². The summed E-state index contributed by atoms with van der Waals surface area (Å²) in [6.45, 7) is 2.08. The molecule has 1 spiro atoms. The largest absolute Gasteiger partial charge is 0.390 e. The van der Waals surface area contributed by atoms with Gasteiger partial charge in [-0.25, -0.2) is 0 Å². The third kappa shape index (κ3) is 3.80. The van der Waals surface area contributed by atoms with E-state index in [2.05, 4.69) is 17.2 Å². The van der Waals surface area contributed by atoms with Crippen LogP contribution in [0.5, 0.6) is 0 Å². The second-order valence-electron chi connectivity index (χ2n) is 5.45. The molecule has 2 unspecified atom stereocenters. The normalized spacial score (nSPS) is 35.1. The van der Waals surface area contributed by atoms with Gasteiger partial charge in [0.15, 0.2) is 5.17 Å². The Kier molecular flexibility index (Phi) is 4.14. The van der Waals surface area contributed by atoms with Crippen LogP contribution in [0, 0.1) is 5.92 Å². The van der Waals surface area contributed by atoms with Crippen LogP contribution in [0.1, 0.15) is 39.0 Å². The van der Waals surface area contributed by atoms with Crippen LogP contribution < -0.4 is 5.32 Å². The van der Waals surface area contributed by atoms with Gasteiger partial charge in [-0.2, -0.15) is 13.2 Å². The zero-order chi connectivity index (χ0) is 13.2. The van der Waals surface area contributed by atoms with E-state index in [9.17, 15) is 13.2 Å². The average Bonchev–Trinajstić information content (AvgIpc) is 2.59. The number of halogens is 3. The molecule has 0 aromatic heterocycles. The summed E-state index contributed by atoms with van der Waals surface area (Å²) < 4.78 is 36.1. The molecule has 18 heavy (non-hydrogen) atoms. The summed E-state index contributed by atoms with van der Waals surface area (Å²) in [6, 6.07) is 0. The fourth-order valence-electron chi connectivity index (χ4n) is 2.78. The van der Waals surface area contributed by atoms with Gasteiger partial charge in [-0.3, -0.25) is 4.99 Å². The van der Waals surface area contributed by atoms with Gasteiger partial charge in [0.2, 0.25) is 0 Å². The fraction of sp³-hybridized carbons (Fsp3) is 0.917. The van der Waals surface area contributed by atoms with Gasteiger partial charge in [-0.05, 0) is 18.8 Å². The summed E-state index contributed by atoms with van der Waals surface area (Å²) in [5.74, 6) is 1.64. The molecule has 0 aromatic carbocycles. The Labute approximate surface area is 110 Å². The van der Waals surface area contributed by atoms with Gasteiger partial charge in [-0.1, -0.05) is 31.5 Å². The molecule has 6 heteroatoms. The number of amidine groups is 1. The van der Waals surface area contributed by atoms with Crippen LogP contribution >= 0.6 is 11.8 Å². The Morgan fingerprint density at radius 1 is 1.50 bits per heavy atom. The zero-order valence-corrected chi connectivity index (χ0v) is 11.3. The molecule has 2 atom stereocenters.